The fraction of sp³-hybridized carbons (Fsp3) is 0.417. The molecule has 94 valence electrons. The van der Waals surface area contributed by atoms with Crippen molar-refractivity contribution in [3.63, 3.8) is 0 Å². The molecule has 1 rings (SSSR count). The van der Waals surface area contributed by atoms with Crippen molar-refractivity contribution >= 4 is 29.2 Å². The van der Waals surface area contributed by atoms with Gasteiger partial charge in [0.2, 0.25) is 0 Å². The van der Waals surface area contributed by atoms with Gasteiger partial charge in [0.05, 0.1) is 0 Å². The lowest BCUT2D eigenvalue weighted by Crippen LogP contribution is -2.37. The summed E-state index contributed by atoms with van der Waals surface area (Å²) in [6.07, 6.45) is 0. The van der Waals surface area contributed by atoms with Crippen LogP contribution in [0, 0.1) is 5.92 Å². The van der Waals surface area contributed by atoms with Crippen molar-refractivity contribution in [1.29, 1.82) is 0 Å². The second-order valence-electron chi connectivity index (χ2n) is 4.19. The van der Waals surface area contributed by atoms with Crippen LogP contribution in [-0.4, -0.2) is 12.6 Å². The molecule has 0 aliphatic rings. The molecule has 0 saturated carbocycles. The Morgan fingerprint density at radius 3 is 2.59 bits per heavy atom. The van der Waals surface area contributed by atoms with Crippen molar-refractivity contribution < 1.29 is 4.79 Å². The number of benzene rings is 1. The molecule has 0 fully saturated rings. The standard InChI is InChI=1S/C12H16Cl2N2O/c1-8(2)6-15-12(17)16-7-9-3-4-10(13)5-11(9)14/h3-5,8H,6-7H2,1-2H3,(H2,15,16,17). The van der Waals surface area contributed by atoms with Crippen LogP contribution in [0.5, 0.6) is 0 Å². The van der Waals surface area contributed by atoms with E-state index >= 15 is 0 Å². The van der Waals surface area contributed by atoms with Crippen LogP contribution in [0.15, 0.2) is 18.2 Å². The molecule has 0 aliphatic carbocycles. The summed E-state index contributed by atoms with van der Waals surface area (Å²) in [5.74, 6) is 0.430. The Hall–Kier alpha value is -0.930. The molecule has 0 bridgehead atoms. The van der Waals surface area contributed by atoms with E-state index in [0.717, 1.165) is 5.56 Å². The first-order chi connectivity index (χ1) is 7.99. The first kappa shape index (κ1) is 14.1. The molecule has 0 heterocycles. The van der Waals surface area contributed by atoms with E-state index in [1.807, 2.05) is 13.8 Å². The molecule has 0 saturated heterocycles. The summed E-state index contributed by atoms with van der Waals surface area (Å²) in [4.78, 5) is 11.4. The predicted molar refractivity (Wildman–Crippen MR) is 71.5 cm³/mol. The summed E-state index contributed by atoms with van der Waals surface area (Å²) in [5.41, 5.74) is 0.843. The number of carbonyl (C=O) groups is 1. The molecule has 1 aromatic rings. The molecular formula is C12H16Cl2N2O. The Morgan fingerprint density at radius 2 is 2.00 bits per heavy atom. The quantitative estimate of drug-likeness (QED) is 0.868. The van der Waals surface area contributed by atoms with Gasteiger partial charge in [0.15, 0.2) is 0 Å². The van der Waals surface area contributed by atoms with E-state index in [2.05, 4.69) is 10.6 Å². The molecule has 0 atom stereocenters. The van der Waals surface area contributed by atoms with Gasteiger partial charge in [0, 0.05) is 23.1 Å². The van der Waals surface area contributed by atoms with Crippen LogP contribution in [0.25, 0.3) is 0 Å². The van der Waals surface area contributed by atoms with Gasteiger partial charge < -0.3 is 10.6 Å². The maximum absolute atomic E-state index is 11.4. The van der Waals surface area contributed by atoms with E-state index < -0.39 is 0 Å². The Labute approximate surface area is 111 Å². The summed E-state index contributed by atoms with van der Waals surface area (Å²) in [6.45, 7) is 5.12. The maximum atomic E-state index is 11.4. The van der Waals surface area contributed by atoms with Crippen molar-refractivity contribution in [3.8, 4) is 0 Å². The summed E-state index contributed by atoms with van der Waals surface area (Å²) in [7, 11) is 0. The lowest BCUT2D eigenvalue weighted by atomic mass is 10.2. The molecule has 0 aromatic heterocycles. The zero-order valence-corrected chi connectivity index (χ0v) is 11.4. The van der Waals surface area contributed by atoms with Gasteiger partial charge in [-0.3, -0.25) is 0 Å². The summed E-state index contributed by atoms with van der Waals surface area (Å²) >= 11 is 11.8. The maximum Gasteiger partial charge on any atom is 0.315 e. The van der Waals surface area contributed by atoms with Gasteiger partial charge >= 0.3 is 6.03 Å². The van der Waals surface area contributed by atoms with Crippen LogP contribution < -0.4 is 10.6 Å². The zero-order valence-electron chi connectivity index (χ0n) is 9.89. The Morgan fingerprint density at radius 1 is 1.29 bits per heavy atom. The number of rotatable bonds is 4. The predicted octanol–water partition coefficient (Wildman–Crippen LogP) is 3.45. The van der Waals surface area contributed by atoms with E-state index in [4.69, 9.17) is 23.2 Å². The lowest BCUT2D eigenvalue weighted by molar-refractivity contribution is 0.239. The van der Waals surface area contributed by atoms with Crippen molar-refractivity contribution in [2.24, 2.45) is 5.92 Å². The van der Waals surface area contributed by atoms with Crippen LogP contribution in [-0.2, 0) is 6.54 Å². The fourth-order valence-electron chi connectivity index (χ4n) is 1.20. The highest BCUT2D eigenvalue weighted by atomic mass is 35.5. The number of amides is 2. The average molecular weight is 275 g/mol. The van der Waals surface area contributed by atoms with Crippen LogP contribution in [0.3, 0.4) is 0 Å². The molecule has 3 nitrogen and oxygen atoms in total. The highest BCUT2D eigenvalue weighted by Gasteiger charge is 2.04. The van der Waals surface area contributed by atoms with E-state index in [0.29, 0.717) is 29.1 Å². The molecule has 0 aliphatic heterocycles. The summed E-state index contributed by atoms with van der Waals surface area (Å²) < 4.78 is 0. The van der Waals surface area contributed by atoms with Crippen molar-refractivity contribution in [3.05, 3.63) is 33.8 Å². The average Bonchev–Trinajstić information content (AvgIpc) is 2.25. The van der Waals surface area contributed by atoms with Crippen LogP contribution >= 0.6 is 23.2 Å². The van der Waals surface area contributed by atoms with Gasteiger partial charge in [-0.05, 0) is 23.6 Å². The van der Waals surface area contributed by atoms with Crippen LogP contribution in [0.1, 0.15) is 19.4 Å². The molecule has 17 heavy (non-hydrogen) atoms. The van der Waals surface area contributed by atoms with Crippen molar-refractivity contribution in [2.75, 3.05) is 6.54 Å². The van der Waals surface area contributed by atoms with Crippen molar-refractivity contribution in [1.82, 2.24) is 10.6 Å². The number of nitrogens with one attached hydrogen (secondary N) is 2. The number of hydrogen-bond acceptors (Lipinski definition) is 1. The molecular weight excluding hydrogens is 259 g/mol. The smallest absolute Gasteiger partial charge is 0.315 e. The largest absolute Gasteiger partial charge is 0.338 e. The lowest BCUT2D eigenvalue weighted by Gasteiger charge is -2.10. The van der Waals surface area contributed by atoms with Gasteiger partial charge in [-0.1, -0.05) is 43.1 Å². The monoisotopic (exact) mass is 274 g/mol. The van der Waals surface area contributed by atoms with Gasteiger partial charge in [0.1, 0.15) is 0 Å². The first-order valence-corrected chi connectivity index (χ1v) is 6.20. The molecule has 0 unspecified atom stereocenters. The van der Waals surface area contributed by atoms with E-state index in [1.165, 1.54) is 0 Å². The molecule has 2 N–H and O–H groups in total. The number of halogens is 2. The second-order valence-corrected chi connectivity index (χ2v) is 5.04. The third-order valence-corrected chi connectivity index (χ3v) is 2.71. The number of hydrogen-bond donors (Lipinski definition) is 2. The SMILES string of the molecule is CC(C)CNC(=O)NCc1ccc(Cl)cc1Cl. The van der Waals surface area contributed by atoms with Gasteiger partial charge in [0.25, 0.3) is 0 Å². The molecule has 0 radical (unpaired) electrons. The summed E-state index contributed by atoms with van der Waals surface area (Å²) in [6, 6.07) is 5.01. The highest BCUT2D eigenvalue weighted by molar-refractivity contribution is 6.35. The molecule has 0 spiro atoms. The van der Waals surface area contributed by atoms with Crippen LogP contribution in [0.2, 0.25) is 10.0 Å². The normalized spacial score (nSPS) is 10.4. The second kappa shape index (κ2) is 6.72. The zero-order chi connectivity index (χ0) is 12.8. The van der Waals surface area contributed by atoms with Crippen LogP contribution in [0.4, 0.5) is 4.79 Å². The minimum atomic E-state index is -0.190. The molecule has 2 amide bonds. The van der Waals surface area contributed by atoms with Crippen molar-refractivity contribution in [2.45, 2.75) is 20.4 Å². The number of urea groups is 1. The fourth-order valence-corrected chi connectivity index (χ4v) is 1.68. The van der Waals surface area contributed by atoms with E-state index in [9.17, 15) is 4.79 Å². The molecule has 5 heteroatoms. The Balaban J connectivity index is 2.42. The Kier molecular flexibility index (Phi) is 5.59. The van der Waals surface area contributed by atoms with E-state index in [-0.39, 0.29) is 6.03 Å². The van der Waals surface area contributed by atoms with Gasteiger partial charge in [-0.2, -0.15) is 0 Å². The number of carbonyl (C=O) groups excluding carboxylic acids is 1. The van der Waals surface area contributed by atoms with E-state index in [1.54, 1.807) is 18.2 Å². The Bertz CT molecular complexity index is 394. The third-order valence-electron chi connectivity index (χ3n) is 2.13. The minimum absolute atomic E-state index is 0.190. The molecule has 1 aromatic carbocycles. The van der Waals surface area contributed by atoms with Gasteiger partial charge in [-0.25, -0.2) is 4.79 Å². The highest BCUT2D eigenvalue weighted by Crippen LogP contribution is 2.20. The van der Waals surface area contributed by atoms with Gasteiger partial charge in [-0.15, -0.1) is 0 Å². The summed E-state index contributed by atoms with van der Waals surface area (Å²) in [5, 5.41) is 6.64. The first-order valence-electron chi connectivity index (χ1n) is 5.44. The topological polar surface area (TPSA) is 41.1 Å². The minimum Gasteiger partial charge on any atom is -0.338 e. The third kappa shape index (κ3) is 5.29.